The second kappa shape index (κ2) is 8.28. The van der Waals surface area contributed by atoms with Gasteiger partial charge in [0.05, 0.1) is 0 Å². The van der Waals surface area contributed by atoms with Gasteiger partial charge in [-0.2, -0.15) is 0 Å². The molecule has 0 unspecified atom stereocenters. The molecule has 1 aromatic carbocycles. The summed E-state index contributed by atoms with van der Waals surface area (Å²) in [6.07, 6.45) is 5.66. The highest BCUT2D eigenvalue weighted by Gasteiger charge is 2.23. The Bertz CT molecular complexity index is 412. The van der Waals surface area contributed by atoms with Crippen LogP contribution >= 0.6 is 0 Å². The van der Waals surface area contributed by atoms with Gasteiger partial charge >= 0.3 is 0 Å². The molecule has 0 nitrogen and oxygen atoms in total. The van der Waals surface area contributed by atoms with Gasteiger partial charge in [0.2, 0.25) is 0 Å². The van der Waals surface area contributed by atoms with E-state index in [0.717, 1.165) is 32.1 Å². The Morgan fingerprint density at radius 1 is 0.600 bits per heavy atom. The molecule has 0 saturated carbocycles. The standard InChI is InChI=1S/C16H22F4/c1-3-5-6-7-8-9-10-12-15(19)13(17)11(4-2)14(18)16(12)20/h3-10H2,1-2H3. The summed E-state index contributed by atoms with van der Waals surface area (Å²) in [4.78, 5) is 0. The first-order valence-electron chi connectivity index (χ1n) is 7.38. The van der Waals surface area contributed by atoms with E-state index in [-0.39, 0.29) is 12.8 Å². The molecule has 0 aliphatic heterocycles. The molecule has 1 rings (SSSR count). The summed E-state index contributed by atoms with van der Waals surface area (Å²) >= 11 is 0. The van der Waals surface area contributed by atoms with Gasteiger partial charge < -0.3 is 0 Å². The van der Waals surface area contributed by atoms with Gasteiger partial charge in [0, 0.05) is 11.1 Å². The Morgan fingerprint density at radius 3 is 1.55 bits per heavy atom. The maximum Gasteiger partial charge on any atom is 0.165 e. The van der Waals surface area contributed by atoms with E-state index in [2.05, 4.69) is 6.92 Å². The van der Waals surface area contributed by atoms with Crippen LogP contribution < -0.4 is 0 Å². The van der Waals surface area contributed by atoms with Crippen LogP contribution in [0, 0.1) is 23.3 Å². The molecule has 0 aliphatic rings. The van der Waals surface area contributed by atoms with Crippen molar-refractivity contribution in [3.8, 4) is 0 Å². The number of rotatable bonds is 8. The molecule has 114 valence electrons. The smallest absolute Gasteiger partial charge is 0.165 e. The summed E-state index contributed by atoms with van der Waals surface area (Å²) in [5, 5.41) is 0. The maximum atomic E-state index is 13.7. The average molecular weight is 290 g/mol. The fraction of sp³-hybridized carbons (Fsp3) is 0.625. The number of benzene rings is 1. The van der Waals surface area contributed by atoms with Crippen molar-refractivity contribution in [2.45, 2.75) is 65.2 Å². The van der Waals surface area contributed by atoms with Crippen LogP contribution in [0.5, 0.6) is 0 Å². The molecule has 0 bridgehead atoms. The second-order valence-electron chi connectivity index (χ2n) is 5.08. The van der Waals surface area contributed by atoms with E-state index in [1.807, 2.05) is 0 Å². The Hall–Kier alpha value is -1.06. The summed E-state index contributed by atoms with van der Waals surface area (Å²) in [5.74, 6) is -4.94. The van der Waals surface area contributed by atoms with E-state index in [0.29, 0.717) is 6.42 Å². The lowest BCUT2D eigenvalue weighted by molar-refractivity contribution is 0.423. The Kier molecular flexibility index (Phi) is 7.03. The minimum Gasteiger partial charge on any atom is -0.203 e. The van der Waals surface area contributed by atoms with Crippen molar-refractivity contribution < 1.29 is 17.6 Å². The van der Waals surface area contributed by atoms with Crippen LogP contribution in [0.4, 0.5) is 17.6 Å². The lowest BCUT2D eigenvalue weighted by atomic mass is 10.0. The van der Waals surface area contributed by atoms with Crippen molar-refractivity contribution >= 4 is 0 Å². The van der Waals surface area contributed by atoms with Gasteiger partial charge in [-0.25, -0.2) is 17.6 Å². The summed E-state index contributed by atoms with van der Waals surface area (Å²) in [7, 11) is 0. The van der Waals surface area contributed by atoms with Crippen molar-refractivity contribution in [2.75, 3.05) is 0 Å². The van der Waals surface area contributed by atoms with E-state index >= 15 is 0 Å². The lowest BCUT2D eigenvalue weighted by Crippen LogP contribution is -2.08. The Balaban J connectivity index is 2.71. The minimum absolute atomic E-state index is 0.0433. The number of hydrogen-bond donors (Lipinski definition) is 0. The molecule has 0 heterocycles. The van der Waals surface area contributed by atoms with Gasteiger partial charge in [0.15, 0.2) is 23.3 Å². The Labute approximate surface area is 118 Å². The summed E-state index contributed by atoms with van der Waals surface area (Å²) in [6, 6.07) is 0. The third kappa shape index (κ3) is 3.97. The highest BCUT2D eigenvalue weighted by molar-refractivity contribution is 5.30. The first-order valence-corrected chi connectivity index (χ1v) is 7.38. The third-order valence-corrected chi connectivity index (χ3v) is 3.58. The van der Waals surface area contributed by atoms with Gasteiger partial charge in [-0.1, -0.05) is 46.0 Å². The van der Waals surface area contributed by atoms with Gasteiger partial charge in [-0.3, -0.25) is 0 Å². The van der Waals surface area contributed by atoms with Crippen LogP contribution in [0.25, 0.3) is 0 Å². The zero-order valence-corrected chi connectivity index (χ0v) is 12.2. The number of hydrogen-bond acceptors (Lipinski definition) is 0. The van der Waals surface area contributed by atoms with Gasteiger partial charge in [0.25, 0.3) is 0 Å². The molecule has 0 aliphatic carbocycles. The van der Waals surface area contributed by atoms with Crippen LogP contribution in [0.1, 0.15) is 63.5 Å². The predicted molar refractivity (Wildman–Crippen MR) is 72.7 cm³/mol. The summed E-state index contributed by atoms with van der Waals surface area (Å²) in [6.45, 7) is 3.57. The monoisotopic (exact) mass is 290 g/mol. The molecule has 1 aromatic rings. The van der Waals surface area contributed by atoms with Crippen LogP contribution in [0.3, 0.4) is 0 Å². The average Bonchev–Trinajstić information content (AvgIpc) is 2.44. The van der Waals surface area contributed by atoms with E-state index < -0.39 is 34.4 Å². The second-order valence-corrected chi connectivity index (χ2v) is 5.08. The van der Waals surface area contributed by atoms with Gasteiger partial charge in [-0.05, 0) is 19.3 Å². The van der Waals surface area contributed by atoms with E-state index in [4.69, 9.17) is 0 Å². The summed E-state index contributed by atoms with van der Waals surface area (Å²) < 4.78 is 54.7. The van der Waals surface area contributed by atoms with Crippen molar-refractivity contribution in [1.29, 1.82) is 0 Å². The molecular formula is C16H22F4. The topological polar surface area (TPSA) is 0 Å². The van der Waals surface area contributed by atoms with Crippen LogP contribution in [0.15, 0.2) is 0 Å². The van der Waals surface area contributed by atoms with Gasteiger partial charge in [-0.15, -0.1) is 0 Å². The Morgan fingerprint density at radius 2 is 1.05 bits per heavy atom. The van der Waals surface area contributed by atoms with Crippen molar-refractivity contribution in [3.05, 3.63) is 34.4 Å². The first-order chi connectivity index (χ1) is 9.54. The van der Waals surface area contributed by atoms with E-state index in [1.165, 1.54) is 6.92 Å². The fourth-order valence-electron chi connectivity index (χ4n) is 2.33. The molecule has 0 aromatic heterocycles. The number of halogens is 4. The predicted octanol–water partition coefficient (Wildman–Crippen LogP) is 5.71. The number of unbranched alkanes of at least 4 members (excludes halogenated alkanes) is 5. The largest absolute Gasteiger partial charge is 0.203 e. The molecule has 0 saturated heterocycles. The van der Waals surface area contributed by atoms with Crippen LogP contribution in [-0.2, 0) is 12.8 Å². The highest BCUT2D eigenvalue weighted by Crippen LogP contribution is 2.26. The molecular weight excluding hydrogens is 268 g/mol. The third-order valence-electron chi connectivity index (χ3n) is 3.58. The van der Waals surface area contributed by atoms with Crippen molar-refractivity contribution in [2.24, 2.45) is 0 Å². The van der Waals surface area contributed by atoms with Crippen LogP contribution in [0.2, 0.25) is 0 Å². The fourth-order valence-corrected chi connectivity index (χ4v) is 2.33. The highest BCUT2D eigenvalue weighted by atomic mass is 19.2. The zero-order chi connectivity index (χ0) is 15.1. The van der Waals surface area contributed by atoms with Crippen molar-refractivity contribution in [3.63, 3.8) is 0 Å². The van der Waals surface area contributed by atoms with E-state index in [1.54, 1.807) is 0 Å². The molecule has 0 N–H and O–H groups in total. The molecule has 0 spiro atoms. The SMILES string of the molecule is CCCCCCCCc1c(F)c(F)c(CC)c(F)c1F. The minimum atomic E-state index is -1.24. The molecule has 0 atom stereocenters. The molecule has 0 radical (unpaired) electrons. The summed E-state index contributed by atoms with van der Waals surface area (Å²) in [5.41, 5.74) is -0.959. The maximum absolute atomic E-state index is 13.7. The molecule has 20 heavy (non-hydrogen) atoms. The lowest BCUT2D eigenvalue weighted by Gasteiger charge is -2.11. The van der Waals surface area contributed by atoms with Crippen LogP contribution in [-0.4, -0.2) is 0 Å². The molecule has 0 amide bonds. The van der Waals surface area contributed by atoms with Crippen molar-refractivity contribution in [1.82, 2.24) is 0 Å². The zero-order valence-electron chi connectivity index (χ0n) is 12.2. The molecule has 4 heteroatoms. The van der Waals surface area contributed by atoms with E-state index in [9.17, 15) is 17.6 Å². The molecule has 0 fully saturated rings. The quantitative estimate of drug-likeness (QED) is 0.327. The normalized spacial score (nSPS) is 11.1. The first kappa shape index (κ1) is 17.0. The van der Waals surface area contributed by atoms with Gasteiger partial charge in [0.1, 0.15) is 0 Å².